The average molecular weight is 553 g/mol. The van der Waals surface area contributed by atoms with E-state index in [4.69, 9.17) is 21.1 Å². The Hall–Kier alpha value is -3.96. The van der Waals surface area contributed by atoms with E-state index in [9.17, 15) is 4.79 Å². The second kappa shape index (κ2) is 10.5. The molecule has 6 heteroatoms. The summed E-state index contributed by atoms with van der Waals surface area (Å²) in [7, 11) is 2.12. The Kier molecular flexibility index (Phi) is 6.93. The van der Waals surface area contributed by atoms with Crippen molar-refractivity contribution in [1.82, 2.24) is 0 Å². The van der Waals surface area contributed by atoms with E-state index in [2.05, 4.69) is 42.4 Å². The van der Waals surface area contributed by atoms with Crippen molar-refractivity contribution in [3.63, 3.8) is 0 Å². The molecule has 2 aliphatic rings. The van der Waals surface area contributed by atoms with Crippen molar-refractivity contribution in [2.75, 3.05) is 23.8 Å². The molecule has 6 rings (SSSR count). The molecule has 1 atom stereocenters. The van der Waals surface area contributed by atoms with Gasteiger partial charge in [0.15, 0.2) is 5.60 Å². The number of halogens is 1. The molecule has 1 spiro atoms. The normalized spacial score (nSPS) is 16.6. The number of ether oxygens (including phenoxy) is 2. The first kappa shape index (κ1) is 26.3. The highest BCUT2D eigenvalue weighted by Gasteiger charge is 2.53. The number of nitrogens with one attached hydrogen (secondary N) is 1. The molecular weight excluding hydrogens is 520 g/mol. The van der Waals surface area contributed by atoms with Gasteiger partial charge in [-0.1, -0.05) is 56.0 Å². The van der Waals surface area contributed by atoms with E-state index in [-0.39, 0.29) is 5.97 Å². The topological polar surface area (TPSA) is 50.8 Å². The molecular formula is C34H33ClN2O3. The van der Waals surface area contributed by atoms with Crippen LogP contribution in [0, 0.1) is 6.92 Å². The van der Waals surface area contributed by atoms with Crippen LogP contribution in [0.25, 0.3) is 0 Å². The number of nitrogens with zero attached hydrogens (tertiary/aromatic N) is 1. The summed E-state index contributed by atoms with van der Waals surface area (Å²) in [5.41, 5.74) is 5.80. The van der Waals surface area contributed by atoms with Crippen molar-refractivity contribution in [2.24, 2.45) is 0 Å². The second-order valence-corrected chi connectivity index (χ2v) is 11.1. The van der Waals surface area contributed by atoms with Gasteiger partial charge in [-0.25, -0.2) is 4.79 Å². The molecule has 0 fully saturated rings. The van der Waals surface area contributed by atoms with Crippen molar-refractivity contribution >= 4 is 34.6 Å². The van der Waals surface area contributed by atoms with Gasteiger partial charge in [0.1, 0.15) is 11.5 Å². The SMILES string of the molecule is CCCCCCN(C)c1ccc2c(c1)Oc1cc(C)c(Nc3ccc(Cl)cc3)cc1C21OC(=O)c2ccccc21. The number of hydrogen-bond donors (Lipinski definition) is 1. The fraction of sp³-hybridized carbons (Fsp3) is 0.265. The molecule has 1 unspecified atom stereocenters. The number of hydrogen-bond acceptors (Lipinski definition) is 5. The van der Waals surface area contributed by atoms with Crippen LogP contribution in [-0.2, 0) is 10.3 Å². The summed E-state index contributed by atoms with van der Waals surface area (Å²) in [6.07, 6.45) is 4.83. The number of esters is 1. The molecule has 0 saturated heterocycles. The molecule has 40 heavy (non-hydrogen) atoms. The van der Waals surface area contributed by atoms with Crippen LogP contribution in [-0.4, -0.2) is 19.6 Å². The van der Waals surface area contributed by atoms with E-state index < -0.39 is 5.60 Å². The first-order valence-electron chi connectivity index (χ1n) is 13.9. The van der Waals surface area contributed by atoms with E-state index in [0.29, 0.717) is 22.1 Å². The van der Waals surface area contributed by atoms with Gasteiger partial charge in [0.25, 0.3) is 0 Å². The summed E-state index contributed by atoms with van der Waals surface area (Å²) in [5, 5.41) is 4.18. The fourth-order valence-electron chi connectivity index (χ4n) is 5.77. The van der Waals surface area contributed by atoms with Gasteiger partial charge in [-0.2, -0.15) is 0 Å². The molecule has 0 aliphatic carbocycles. The van der Waals surface area contributed by atoms with Crippen LogP contribution in [0.2, 0.25) is 5.02 Å². The number of benzene rings is 4. The Morgan fingerprint density at radius 2 is 1.65 bits per heavy atom. The fourth-order valence-corrected chi connectivity index (χ4v) is 5.90. The standard InChI is InChI=1S/C34H33ClN2O3/c1-4-5-6-9-18-37(3)25-16-17-28-32(20-25)39-31-19-22(2)30(36-24-14-12-23(35)13-15-24)21-29(31)34(28)27-11-8-7-10-26(27)33(38)40-34/h7-8,10-17,19-21,36H,4-6,9,18H2,1-3H3. The Morgan fingerprint density at radius 1 is 0.875 bits per heavy atom. The maximum absolute atomic E-state index is 13.3. The van der Waals surface area contributed by atoms with Crippen LogP contribution in [0.3, 0.4) is 0 Å². The molecule has 0 saturated carbocycles. The van der Waals surface area contributed by atoms with Crippen molar-refractivity contribution in [3.8, 4) is 11.5 Å². The first-order valence-corrected chi connectivity index (χ1v) is 14.3. The molecule has 1 N–H and O–H groups in total. The lowest BCUT2D eigenvalue weighted by Crippen LogP contribution is -2.33. The molecule has 4 aromatic rings. The third-order valence-electron chi connectivity index (χ3n) is 7.95. The van der Waals surface area contributed by atoms with Crippen molar-refractivity contribution in [2.45, 2.75) is 45.1 Å². The van der Waals surface area contributed by atoms with Gasteiger partial charge in [-0.05, 0) is 73.5 Å². The predicted molar refractivity (Wildman–Crippen MR) is 162 cm³/mol. The van der Waals surface area contributed by atoms with Crippen molar-refractivity contribution < 1.29 is 14.3 Å². The second-order valence-electron chi connectivity index (χ2n) is 10.7. The predicted octanol–water partition coefficient (Wildman–Crippen LogP) is 8.98. The number of aryl methyl sites for hydroxylation is 1. The molecule has 2 heterocycles. The number of rotatable bonds is 8. The van der Waals surface area contributed by atoms with Crippen LogP contribution in [0.15, 0.2) is 78.9 Å². The molecule has 0 radical (unpaired) electrons. The summed E-state index contributed by atoms with van der Waals surface area (Å²) in [4.78, 5) is 15.5. The van der Waals surface area contributed by atoms with Gasteiger partial charge in [0.2, 0.25) is 0 Å². The Balaban J connectivity index is 1.46. The molecule has 0 amide bonds. The summed E-state index contributed by atoms with van der Waals surface area (Å²) in [6.45, 7) is 5.24. The zero-order chi connectivity index (χ0) is 27.9. The zero-order valence-corrected chi connectivity index (χ0v) is 23.8. The number of carbonyl (C=O) groups excluding carboxylic acids is 1. The maximum atomic E-state index is 13.3. The number of unbranched alkanes of at least 4 members (excludes halogenated alkanes) is 3. The van der Waals surface area contributed by atoms with Gasteiger partial charge in [0.05, 0.1) is 5.56 Å². The average Bonchev–Trinajstić information content (AvgIpc) is 3.25. The van der Waals surface area contributed by atoms with Crippen LogP contribution < -0.4 is 15.0 Å². The first-order chi connectivity index (χ1) is 19.4. The third kappa shape index (κ3) is 4.48. The molecule has 204 valence electrons. The lowest BCUT2D eigenvalue weighted by Gasteiger charge is -2.37. The summed E-state index contributed by atoms with van der Waals surface area (Å²) >= 11 is 6.10. The van der Waals surface area contributed by atoms with Crippen molar-refractivity contribution in [1.29, 1.82) is 0 Å². The van der Waals surface area contributed by atoms with Gasteiger partial charge in [0, 0.05) is 58.4 Å². The van der Waals surface area contributed by atoms with Crippen LogP contribution in [0.1, 0.15) is 65.2 Å². The van der Waals surface area contributed by atoms with Crippen LogP contribution in [0.5, 0.6) is 11.5 Å². The Morgan fingerprint density at radius 3 is 2.45 bits per heavy atom. The van der Waals surface area contributed by atoms with E-state index >= 15 is 0 Å². The number of fused-ring (bicyclic) bond motifs is 6. The lowest BCUT2D eigenvalue weighted by atomic mass is 9.77. The van der Waals surface area contributed by atoms with E-state index in [1.54, 1.807) is 0 Å². The Bertz CT molecular complexity index is 1580. The number of carbonyl (C=O) groups is 1. The minimum Gasteiger partial charge on any atom is -0.456 e. The molecule has 0 bridgehead atoms. The minimum atomic E-state index is -1.11. The van der Waals surface area contributed by atoms with E-state index in [1.807, 2.05) is 67.6 Å². The smallest absolute Gasteiger partial charge is 0.340 e. The summed E-state index contributed by atoms with van der Waals surface area (Å²) in [6, 6.07) is 25.5. The largest absolute Gasteiger partial charge is 0.456 e. The van der Waals surface area contributed by atoms with Gasteiger partial charge in [-0.15, -0.1) is 0 Å². The quantitative estimate of drug-likeness (QED) is 0.174. The zero-order valence-electron chi connectivity index (χ0n) is 23.1. The highest BCUT2D eigenvalue weighted by Crippen LogP contribution is 2.57. The van der Waals surface area contributed by atoms with Crippen molar-refractivity contribution in [3.05, 3.63) is 112 Å². The highest BCUT2D eigenvalue weighted by molar-refractivity contribution is 6.30. The molecule has 4 aromatic carbocycles. The van der Waals surface area contributed by atoms with Gasteiger partial charge < -0.3 is 19.7 Å². The highest BCUT2D eigenvalue weighted by atomic mass is 35.5. The number of anilines is 3. The molecule has 2 aliphatic heterocycles. The lowest BCUT2D eigenvalue weighted by molar-refractivity contribution is 0.0224. The Labute approximate surface area is 240 Å². The van der Waals surface area contributed by atoms with E-state index in [1.165, 1.54) is 19.3 Å². The molecule has 0 aromatic heterocycles. The van der Waals surface area contributed by atoms with E-state index in [0.717, 1.165) is 52.3 Å². The summed E-state index contributed by atoms with van der Waals surface area (Å²) in [5.74, 6) is 1.05. The minimum absolute atomic E-state index is 0.334. The van der Waals surface area contributed by atoms with Crippen LogP contribution in [0.4, 0.5) is 17.1 Å². The molecule has 5 nitrogen and oxygen atoms in total. The van der Waals surface area contributed by atoms with Gasteiger partial charge >= 0.3 is 5.97 Å². The maximum Gasteiger partial charge on any atom is 0.340 e. The van der Waals surface area contributed by atoms with Crippen LogP contribution >= 0.6 is 11.6 Å². The monoisotopic (exact) mass is 552 g/mol. The third-order valence-corrected chi connectivity index (χ3v) is 8.21. The van der Waals surface area contributed by atoms with Gasteiger partial charge in [-0.3, -0.25) is 0 Å². The summed E-state index contributed by atoms with van der Waals surface area (Å²) < 4.78 is 13.0.